The largest absolute Gasteiger partial charge is 0.438 e. The van der Waals surface area contributed by atoms with Gasteiger partial charge in [0.15, 0.2) is 0 Å². The number of pyridine rings is 1. The van der Waals surface area contributed by atoms with Gasteiger partial charge in [-0.2, -0.15) is 13.2 Å². The first-order chi connectivity index (χ1) is 19.7. The van der Waals surface area contributed by atoms with E-state index < -0.39 is 17.6 Å². The standard InChI is InChI=1S/C29H28F3N7O2/c1-18-16-20(6-8-25(18)41-27-21(4-3-10-35-27)23-9-11-36-28(33-2)38-23)37-26(40)19-5-7-24(22(17-19)29(30,31)32)39-14-12-34-13-15-39/h3-11,16-17,34H,12-15H2,1-2H3,(H,37,40)(H,33,36,38). The molecule has 3 heterocycles. The van der Waals surface area contributed by atoms with Crippen molar-refractivity contribution in [1.82, 2.24) is 20.3 Å². The van der Waals surface area contributed by atoms with E-state index in [4.69, 9.17) is 4.74 Å². The molecule has 5 rings (SSSR count). The van der Waals surface area contributed by atoms with Gasteiger partial charge >= 0.3 is 6.18 Å². The molecular formula is C29H28F3N7O2. The molecule has 212 valence electrons. The molecule has 1 aliphatic rings. The highest BCUT2D eigenvalue weighted by Crippen LogP contribution is 2.38. The van der Waals surface area contributed by atoms with Gasteiger partial charge in [0.25, 0.3) is 5.91 Å². The minimum atomic E-state index is -4.60. The third-order valence-electron chi connectivity index (χ3n) is 6.59. The molecule has 0 radical (unpaired) electrons. The number of hydrogen-bond acceptors (Lipinski definition) is 8. The number of carbonyl (C=O) groups excluding carboxylic acids is 1. The molecule has 0 unspecified atom stereocenters. The Bertz CT molecular complexity index is 1560. The molecule has 0 saturated carbocycles. The van der Waals surface area contributed by atoms with Gasteiger partial charge in [-0.1, -0.05) is 0 Å². The van der Waals surface area contributed by atoms with Crippen LogP contribution in [0, 0.1) is 6.92 Å². The molecule has 12 heteroatoms. The number of amides is 1. The van der Waals surface area contributed by atoms with Crippen LogP contribution in [0.5, 0.6) is 11.6 Å². The first-order valence-electron chi connectivity index (χ1n) is 13.0. The number of aryl methyl sites for hydroxylation is 1. The van der Waals surface area contributed by atoms with E-state index in [1.165, 1.54) is 12.1 Å². The van der Waals surface area contributed by atoms with Crippen molar-refractivity contribution in [3.8, 4) is 22.9 Å². The van der Waals surface area contributed by atoms with Gasteiger partial charge in [-0.3, -0.25) is 4.79 Å². The average molecular weight is 564 g/mol. The van der Waals surface area contributed by atoms with Crippen LogP contribution in [-0.4, -0.2) is 54.1 Å². The SMILES string of the molecule is CNc1nccc(-c2cccnc2Oc2ccc(NC(=O)c3ccc(N4CCNCC4)c(C(F)(F)F)c3)cc2C)n1. The minimum absolute atomic E-state index is 0.0749. The number of halogens is 3. The molecule has 2 aromatic heterocycles. The van der Waals surface area contributed by atoms with Crippen LogP contribution in [0.2, 0.25) is 0 Å². The van der Waals surface area contributed by atoms with E-state index in [0.29, 0.717) is 66.3 Å². The van der Waals surface area contributed by atoms with Crippen LogP contribution < -0.4 is 25.6 Å². The van der Waals surface area contributed by atoms with Gasteiger partial charge in [0.05, 0.1) is 16.8 Å². The van der Waals surface area contributed by atoms with Crippen molar-refractivity contribution in [2.45, 2.75) is 13.1 Å². The zero-order valence-electron chi connectivity index (χ0n) is 22.4. The number of nitrogens with one attached hydrogen (secondary N) is 3. The molecule has 0 bridgehead atoms. The number of ether oxygens (including phenoxy) is 1. The number of hydrogen-bond donors (Lipinski definition) is 3. The van der Waals surface area contributed by atoms with Crippen LogP contribution in [0.15, 0.2) is 67.0 Å². The van der Waals surface area contributed by atoms with Crippen molar-refractivity contribution < 1.29 is 22.7 Å². The molecule has 1 amide bonds. The highest BCUT2D eigenvalue weighted by molar-refractivity contribution is 6.04. The second kappa shape index (κ2) is 11.8. The zero-order valence-corrected chi connectivity index (χ0v) is 22.4. The Labute approximate surface area is 234 Å². The molecular weight excluding hydrogens is 535 g/mol. The normalized spacial score (nSPS) is 13.5. The first kappa shape index (κ1) is 27.8. The minimum Gasteiger partial charge on any atom is -0.438 e. The molecule has 9 nitrogen and oxygen atoms in total. The van der Waals surface area contributed by atoms with Crippen molar-refractivity contribution in [3.05, 3.63) is 83.7 Å². The van der Waals surface area contributed by atoms with Crippen LogP contribution in [0.1, 0.15) is 21.5 Å². The second-order valence-corrected chi connectivity index (χ2v) is 9.37. The third-order valence-corrected chi connectivity index (χ3v) is 6.59. The number of aromatic nitrogens is 3. The van der Waals surface area contributed by atoms with Crippen LogP contribution in [0.25, 0.3) is 11.3 Å². The summed E-state index contributed by atoms with van der Waals surface area (Å²) < 4.78 is 47.9. The fourth-order valence-electron chi connectivity index (χ4n) is 4.53. The molecule has 0 aliphatic carbocycles. The molecule has 0 atom stereocenters. The van der Waals surface area contributed by atoms with Crippen LogP contribution in [0.3, 0.4) is 0 Å². The van der Waals surface area contributed by atoms with Crippen molar-refractivity contribution in [2.24, 2.45) is 0 Å². The summed E-state index contributed by atoms with van der Waals surface area (Å²) in [4.78, 5) is 27.6. The lowest BCUT2D eigenvalue weighted by Gasteiger charge is -2.31. The fraction of sp³-hybridized carbons (Fsp3) is 0.241. The van der Waals surface area contributed by atoms with Gasteiger partial charge in [0.1, 0.15) is 5.75 Å². The smallest absolute Gasteiger partial charge is 0.418 e. The van der Waals surface area contributed by atoms with E-state index in [1.54, 1.807) is 61.6 Å². The predicted octanol–water partition coefficient (Wildman–Crippen LogP) is 5.36. The molecule has 1 saturated heterocycles. The summed E-state index contributed by atoms with van der Waals surface area (Å²) in [5.74, 6) is 0.629. The average Bonchev–Trinajstić information content (AvgIpc) is 2.98. The lowest BCUT2D eigenvalue weighted by Crippen LogP contribution is -2.44. The highest BCUT2D eigenvalue weighted by atomic mass is 19.4. The van der Waals surface area contributed by atoms with Crippen molar-refractivity contribution >= 4 is 23.2 Å². The quantitative estimate of drug-likeness (QED) is 0.276. The summed E-state index contributed by atoms with van der Waals surface area (Å²) in [7, 11) is 1.72. The summed E-state index contributed by atoms with van der Waals surface area (Å²) >= 11 is 0. The van der Waals surface area contributed by atoms with E-state index >= 15 is 0 Å². The number of nitrogens with zero attached hydrogens (tertiary/aromatic N) is 4. The van der Waals surface area contributed by atoms with Gasteiger partial charge < -0.3 is 25.6 Å². The van der Waals surface area contributed by atoms with Crippen molar-refractivity contribution in [2.75, 3.05) is 48.8 Å². The summed E-state index contributed by atoms with van der Waals surface area (Å²) in [6.45, 7) is 3.90. The van der Waals surface area contributed by atoms with E-state index in [0.717, 1.165) is 6.07 Å². The maximum atomic E-state index is 13.9. The van der Waals surface area contributed by atoms with Crippen molar-refractivity contribution in [3.63, 3.8) is 0 Å². The Morgan fingerprint density at radius 1 is 1.02 bits per heavy atom. The Morgan fingerprint density at radius 3 is 2.56 bits per heavy atom. The topological polar surface area (TPSA) is 104 Å². The molecule has 1 aliphatic heterocycles. The molecule has 1 fully saturated rings. The number of alkyl halides is 3. The van der Waals surface area contributed by atoms with Gasteiger partial charge in [-0.15, -0.1) is 0 Å². The Hall–Kier alpha value is -4.71. The first-order valence-corrected chi connectivity index (χ1v) is 13.0. The maximum absolute atomic E-state index is 13.9. The number of carbonyl (C=O) groups is 1. The summed E-state index contributed by atoms with van der Waals surface area (Å²) in [6.07, 6.45) is -1.37. The van der Waals surface area contributed by atoms with E-state index in [9.17, 15) is 18.0 Å². The van der Waals surface area contributed by atoms with Crippen LogP contribution in [-0.2, 0) is 6.18 Å². The fourth-order valence-corrected chi connectivity index (χ4v) is 4.53. The Kier molecular flexibility index (Phi) is 8.02. The number of anilines is 3. The van der Waals surface area contributed by atoms with Gasteiger partial charge in [0.2, 0.25) is 11.8 Å². The molecule has 3 N–H and O–H groups in total. The molecule has 41 heavy (non-hydrogen) atoms. The zero-order chi connectivity index (χ0) is 29.0. The summed E-state index contributed by atoms with van der Waals surface area (Å²) in [6, 6.07) is 14.0. The monoisotopic (exact) mass is 563 g/mol. The Balaban J connectivity index is 1.34. The predicted molar refractivity (Wildman–Crippen MR) is 151 cm³/mol. The molecule has 2 aromatic carbocycles. The third kappa shape index (κ3) is 6.38. The molecule has 4 aromatic rings. The van der Waals surface area contributed by atoms with Gasteiger partial charge in [-0.25, -0.2) is 15.0 Å². The van der Waals surface area contributed by atoms with Crippen LogP contribution >= 0.6 is 0 Å². The number of rotatable bonds is 7. The summed E-state index contributed by atoms with van der Waals surface area (Å²) in [5, 5.41) is 8.72. The number of piperazine rings is 1. The lowest BCUT2D eigenvalue weighted by atomic mass is 10.1. The molecule has 0 spiro atoms. The van der Waals surface area contributed by atoms with Crippen LogP contribution in [0.4, 0.5) is 30.5 Å². The van der Waals surface area contributed by atoms with Crippen molar-refractivity contribution in [1.29, 1.82) is 0 Å². The van der Waals surface area contributed by atoms with Gasteiger partial charge in [0, 0.05) is 62.6 Å². The maximum Gasteiger partial charge on any atom is 0.418 e. The lowest BCUT2D eigenvalue weighted by molar-refractivity contribution is -0.137. The van der Waals surface area contributed by atoms with Gasteiger partial charge in [-0.05, 0) is 67.1 Å². The van der Waals surface area contributed by atoms with E-state index in [2.05, 4.69) is 30.9 Å². The highest BCUT2D eigenvalue weighted by Gasteiger charge is 2.36. The summed E-state index contributed by atoms with van der Waals surface area (Å²) in [5.41, 5.74) is 1.54. The van der Waals surface area contributed by atoms with E-state index in [1.807, 2.05) is 6.07 Å². The van der Waals surface area contributed by atoms with E-state index in [-0.39, 0.29) is 11.3 Å². The number of benzene rings is 2. The second-order valence-electron chi connectivity index (χ2n) is 9.37. The Morgan fingerprint density at radius 2 is 1.83 bits per heavy atom.